The Bertz CT molecular complexity index is 521. The van der Waals surface area contributed by atoms with Gasteiger partial charge in [0.1, 0.15) is 6.33 Å². The van der Waals surface area contributed by atoms with E-state index in [1.54, 1.807) is 0 Å². The van der Waals surface area contributed by atoms with Gasteiger partial charge in [0.25, 0.3) is 0 Å². The first-order valence-corrected chi connectivity index (χ1v) is 7.20. The van der Waals surface area contributed by atoms with Gasteiger partial charge in [0.2, 0.25) is 11.6 Å². The normalized spacial score (nSPS) is 24.1. The van der Waals surface area contributed by atoms with Crippen molar-refractivity contribution < 1.29 is 4.92 Å². The second-order valence-electron chi connectivity index (χ2n) is 5.56. The summed E-state index contributed by atoms with van der Waals surface area (Å²) in [6, 6.07) is 0.410. The molecule has 7 nitrogen and oxygen atoms in total. The Kier molecular flexibility index (Phi) is 3.42. The molecule has 2 bridgehead atoms. The van der Waals surface area contributed by atoms with Crippen LogP contribution in [0.2, 0.25) is 0 Å². The third-order valence-corrected chi connectivity index (χ3v) is 4.21. The fourth-order valence-corrected chi connectivity index (χ4v) is 3.30. The van der Waals surface area contributed by atoms with E-state index in [0.29, 0.717) is 30.1 Å². The van der Waals surface area contributed by atoms with Crippen LogP contribution in [0.1, 0.15) is 32.6 Å². The highest BCUT2D eigenvalue weighted by atomic mass is 16.6. The quantitative estimate of drug-likeness (QED) is 0.656. The van der Waals surface area contributed by atoms with Gasteiger partial charge in [-0.05, 0) is 31.6 Å². The van der Waals surface area contributed by atoms with Crippen molar-refractivity contribution in [2.75, 3.05) is 23.3 Å². The average Bonchev–Trinajstić information content (AvgIpc) is 3.07. The molecule has 1 N–H and O–H groups in total. The lowest BCUT2D eigenvalue weighted by molar-refractivity contribution is -0.383. The Hall–Kier alpha value is -1.92. The van der Waals surface area contributed by atoms with Crippen molar-refractivity contribution in [3.63, 3.8) is 0 Å². The van der Waals surface area contributed by atoms with Crippen LogP contribution in [0, 0.1) is 16.0 Å². The topological polar surface area (TPSA) is 84.2 Å². The third kappa shape index (κ3) is 2.17. The van der Waals surface area contributed by atoms with E-state index < -0.39 is 0 Å². The molecule has 2 atom stereocenters. The minimum atomic E-state index is -0.362. The molecule has 1 aromatic heterocycles. The van der Waals surface area contributed by atoms with E-state index in [1.807, 2.05) is 6.92 Å². The maximum absolute atomic E-state index is 11.4. The lowest BCUT2D eigenvalue weighted by atomic mass is 10.1. The molecule has 2 aliphatic rings. The van der Waals surface area contributed by atoms with Crippen molar-refractivity contribution in [2.45, 2.75) is 38.6 Å². The highest BCUT2D eigenvalue weighted by molar-refractivity contribution is 5.71. The molecule has 0 amide bonds. The van der Waals surface area contributed by atoms with Crippen molar-refractivity contribution in [1.82, 2.24) is 9.97 Å². The van der Waals surface area contributed by atoms with Gasteiger partial charge in [0.05, 0.1) is 4.92 Å². The third-order valence-electron chi connectivity index (χ3n) is 4.21. The van der Waals surface area contributed by atoms with E-state index in [4.69, 9.17) is 0 Å². The van der Waals surface area contributed by atoms with Crippen LogP contribution < -0.4 is 10.2 Å². The molecule has 1 saturated heterocycles. The summed E-state index contributed by atoms with van der Waals surface area (Å²) >= 11 is 0. The zero-order valence-corrected chi connectivity index (χ0v) is 11.6. The second-order valence-corrected chi connectivity index (χ2v) is 5.56. The predicted octanol–water partition coefficient (Wildman–Crippen LogP) is 2.20. The van der Waals surface area contributed by atoms with E-state index in [-0.39, 0.29) is 10.6 Å². The number of hydrogen-bond acceptors (Lipinski definition) is 6. The van der Waals surface area contributed by atoms with Gasteiger partial charge >= 0.3 is 5.69 Å². The summed E-state index contributed by atoms with van der Waals surface area (Å²) in [5.41, 5.74) is 0.0218. The molecule has 2 heterocycles. The van der Waals surface area contributed by atoms with Crippen LogP contribution in [0.3, 0.4) is 0 Å². The largest absolute Gasteiger partial charge is 0.364 e. The van der Waals surface area contributed by atoms with Crippen molar-refractivity contribution >= 4 is 17.3 Å². The average molecular weight is 277 g/mol. The van der Waals surface area contributed by atoms with E-state index in [0.717, 1.165) is 25.8 Å². The first-order valence-electron chi connectivity index (χ1n) is 7.20. The summed E-state index contributed by atoms with van der Waals surface area (Å²) in [5.74, 6) is 1.49. The number of anilines is 2. The molecule has 0 spiro atoms. The lowest BCUT2D eigenvalue weighted by Gasteiger charge is -2.27. The van der Waals surface area contributed by atoms with Crippen LogP contribution in [0.5, 0.6) is 0 Å². The van der Waals surface area contributed by atoms with Gasteiger partial charge in [-0.15, -0.1) is 0 Å². The van der Waals surface area contributed by atoms with Crippen LogP contribution in [0.4, 0.5) is 17.3 Å². The van der Waals surface area contributed by atoms with Crippen LogP contribution in [0.15, 0.2) is 6.33 Å². The Morgan fingerprint density at radius 1 is 1.50 bits per heavy atom. The van der Waals surface area contributed by atoms with Crippen LogP contribution in [0.25, 0.3) is 0 Å². The van der Waals surface area contributed by atoms with Gasteiger partial charge in [-0.25, -0.2) is 9.97 Å². The van der Waals surface area contributed by atoms with Gasteiger partial charge in [-0.2, -0.15) is 0 Å². The zero-order chi connectivity index (χ0) is 14.1. The summed E-state index contributed by atoms with van der Waals surface area (Å²) < 4.78 is 0. The fraction of sp³-hybridized carbons (Fsp3) is 0.692. The maximum Gasteiger partial charge on any atom is 0.353 e. The molecule has 2 unspecified atom stereocenters. The second kappa shape index (κ2) is 5.22. The van der Waals surface area contributed by atoms with Crippen LogP contribution in [-0.2, 0) is 0 Å². The molecular weight excluding hydrogens is 258 g/mol. The lowest BCUT2D eigenvalue weighted by Crippen LogP contribution is -2.33. The number of piperidine rings is 1. The van der Waals surface area contributed by atoms with Crippen molar-refractivity contribution in [2.24, 2.45) is 5.92 Å². The smallest absolute Gasteiger partial charge is 0.353 e. The summed E-state index contributed by atoms with van der Waals surface area (Å²) in [5, 5.41) is 14.5. The molecule has 1 saturated carbocycles. The highest BCUT2D eigenvalue weighted by Gasteiger charge is 2.41. The van der Waals surface area contributed by atoms with Gasteiger partial charge in [-0.3, -0.25) is 10.1 Å². The summed E-state index contributed by atoms with van der Waals surface area (Å²) in [7, 11) is 0. The highest BCUT2D eigenvalue weighted by Crippen LogP contribution is 2.43. The minimum absolute atomic E-state index is 0.0218. The molecule has 3 rings (SSSR count). The summed E-state index contributed by atoms with van der Waals surface area (Å²) in [6.45, 7) is 3.57. The van der Waals surface area contributed by atoms with E-state index >= 15 is 0 Å². The van der Waals surface area contributed by atoms with Crippen molar-refractivity contribution in [1.29, 1.82) is 0 Å². The summed E-state index contributed by atoms with van der Waals surface area (Å²) in [4.78, 5) is 21.4. The number of fused-ring (bicyclic) bond motifs is 2. The Balaban J connectivity index is 1.95. The summed E-state index contributed by atoms with van der Waals surface area (Å²) in [6.07, 6.45) is 5.81. The molecule has 108 valence electrons. The standard InChI is InChI=1S/C13H19N5O2/c1-2-5-14-12-11(18(19)20)13(16-8-15-12)17-7-9-3-4-10(17)6-9/h8-10H,2-7H2,1H3,(H,14,15,16). The molecule has 7 heteroatoms. The maximum atomic E-state index is 11.4. The van der Waals surface area contributed by atoms with Gasteiger partial charge in [0.15, 0.2) is 0 Å². The fourth-order valence-electron chi connectivity index (χ4n) is 3.30. The first-order chi connectivity index (χ1) is 9.70. The SMILES string of the molecule is CCCNc1ncnc(N2CC3CCC2C3)c1[N+](=O)[O-]. The first kappa shape index (κ1) is 13.1. The number of hydrogen-bond donors (Lipinski definition) is 1. The molecule has 2 fully saturated rings. The van der Waals surface area contributed by atoms with Gasteiger partial charge in [0, 0.05) is 19.1 Å². The molecule has 0 radical (unpaired) electrons. The molecule has 1 aliphatic carbocycles. The monoisotopic (exact) mass is 277 g/mol. The van der Waals surface area contributed by atoms with Crippen molar-refractivity contribution in [3.8, 4) is 0 Å². The van der Waals surface area contributed by atoms with Gasteiger partial charge < -0.3 is 10.2 Å². The Morgan fingerprint density at radius 2 is 2.35 bits per heavy atom. The molecule has 0 aromatic carbocycles. The Labute approximate surface area is 117 Å². The van der Waals surface area contributed by atoms with Gasteiger partial charge in [-0.1, -0.05) is 6.92 Å². The number of nitrogens with one attached hydrogen (secondary N) is 1. The molecular formula is C13H19N5O2. The number of nitro groups is 1. The minimum Gasteiger partial charge on any atom is -0.364 e. The van der Waals surface area contributed by atoms with Crippen LogP contribution in [-0.4, -0.2) is 34.0 Å². The molecule has 20 heavy (non-hydrogen) atoms. The van der Waals surface area contributed by atoms with E-state index in [1.165, 1.54) is 12.7 Å². The number of nitrogens with zero attached hydrogens (tertiary/aromatic N) is 4. The predicted molar refractivity (Wildman–Crippen MR) is 75.9 cm³/mol. The van der Waals surface area contributed by atoms with E-state index in [2.05, 4.69) is 20.2 Å². The van der Waals surface area contributed by atoms with Crippen LogP contribution >= 0.6 is 0 Å². The van der Waals surface area contributed by atoms with E-state index in [9.17, 15) is 10.1 Å². The number of aromatic nitrogens is 2. The number of rotatable bonds is 5. The molecule has 1 aromatic rings. The molecule has 1 aliphatic heterocycles. The Morgan fingerprint density at radius 3 is 2.95 bits per heavy atom. The van der Waals surface area contributed by atoms with Crippen molar-refractivity contribution in [3.05, 3.63) is 16.4 Å². The zero-order valence-electron chi connectivity index (χ0n) is 11.6.